The number of hydrogen-bond donors (Lipinski definition) is 1. The predicted octanol–water partition coefficient (Wildman–Crippen LogP) is 5.42. The van der Waals surface area contributed by atoms with Gasteiger partial charge in [-0.15, -0.1) is 0 Å². The average molecular weight is 493 g/mol. The fourth-order valence-corrected chi connectivity index (χ4v) is 5.72. The molecule has 0 saturated carbocycles. The molecule has 11 heteroatoms. The summed E-state index contributed by atoms with van der Waals surface area (Å²) in [6.45, 7) is 4.41. The minimum atomic E-state index is -4.82. The smallest absolute Gasteiger partial charge is 0.321 e. The molecule has 32 heavy (non-hydrogen) atoms. The zero-order valence-electron chi connectivity index (χ0n) is 17.2. The number of amides is 1. The highest BCUT2D eigenvalue weighted by molar-refractivity contribution is 7.89. The van der Waals surface area contributed by atoms with E-state index in [1.165, 1.54) is 4.31 Å². The van der Waals surface area contributed by atoms with Gasteiger partial charge in [0, 0.05) is 18.1 Å². The first kappa shape index (κ1) is 24.5. The molecule has 2 aromatic carbocycles. The van der Waals surface area contributed by atoms with Crippen LogP contribution >= 0.6 is 11.6 Å². The van der Waals surface area contributed by atoms with Gasteiger partial charge < -0.3 is 5.32 Å². The second-order valence-corrected chi connectivity index (χ2v) is 10.4. The normalized spacial score (nSPS) is 20.2. The highest BCUT2D eigenvalue weighted by Gasteiger charge is 2.35. The van der Waals surface area contributed by atoms with E-state index in [2.05, 4.69) is 0 Å². The Morgan fingerprint density at radius 3 is 2.31 bits per heavy atom. The molecule has 1 heterocycles. The van der Waals surface area contributed by atoms with Crippen LogP contribution in [-0.2, 0) is 16.2 Å². The molecule has 1 amide bonds. The van der Waals surface area contributed by atoms with Crippen molar-refractivity contribution in [2.45, 2.75) is 31.3 Å². The molecular weight excluding hydrogens is 472 g/mol. The van der Waals surface area contributed by atoms with Gasteiger partial charge in [-0.1, -0.05) is 25.4 Å². The molecular formula is C21H21ClF4N2O3S. The van der Waals surface area contributed by atoms with E-state index in [0.29, 0.717) is 6.07 Å². The summed E-state index contributed by atoms with van der Waals surface area (Å²) in [5.74, 6) is -2.03. The van der Waals surface area contributed by atoms with E-state index in [9.17, 15) is 30.8 Å². The number of carbonyl (C=O) groups is 1. The van der Waals surface area contributed by atoms with Gasteiger partial charge in [0.15, 0.2) is 0 Å². The Labute approximate surface area is 188 Å². The Hall–Kier alpha value is -2.17. The van der Waals surface area contributed by atoms with Crippen molar-refractivity contribution in [1.82, 2.24) is 4.31 Å². The first-order valence-corrected chi connectivity index (χ1v) is 11.6. The maximum Gasteiger partial charge on any atom is 0.418 e. The minimum Gasteiger partial charge on any atom is -0.321 e. The van der Waals surface area contributed by atoms with Crippen LogP contribution in [-0.4, -0.2) is 31.7 Å². The Bertz CT molecular complexity index is 1130. The Kier molecular flexibility index (Phi) is 6.88. The van der Waals surface area contributed by atoms with E-state index < -0.39 is 44.7 Å². The van der Waals surface area contributed by atoms with E-state index in [-0.39, 0.29) is 34.8 Å². The van der Waals surface area contributed by atoms with Crippen LogP contribution < -0.4 is 5.32 Å². The highest BCUT2D eigenvalue weighted by atomic mass is 35.5. The lowest BCUT2D eigenvalue weighted by Gasteiger charge is -2.34. The molecule has 1 saturated heterocycles. The summed E-state index contributed by atoms with van der Waals surface area (Å²) >= 11 is 5.62. The number of piperidine rings is 1. The molecule has 0 spiro atoms. The van der Waals surface area contributed by atoms with Crippen LogP contribution in [0, 0.1) is 17.7 Å². The Morgan fingerprint density at radius 1 is 1.09 bits per heavy atom. The summed E-state index contributed by atoms with van der Waals surface area (Å²) in [4.78, 5) is 12.3. The number of sulfonamides is 1. The predicted molar refractivity (Wildman–Crippen MR) is 113 cm³/mol. The maximum absolute atomic E-state index is 14.4. The van der Waals surface area contributed by atoms with Crippen LogP contribution in [0.25, 0.3) is 0 Å². The number of hydrogen-bond acceptors (Lipinski definition) is 3. The number of anilines is 1. The summed E-state index contributed by atoms with van der Waals surface area (Å²) in [7, 11) is -4.02. The molecule has 1 aliphatic rings. The number of carbonyl (C=O) groups excluding carboxylic acids is 1. The zero-order chi connectivity index (χ0) is 23.8. The van der Waals surface area contributed by atoms with Gasteiger partial charge in [0.2, 0.25) is 10.0 Å². The van der Waals surface area contributed by atoms with Crippen LogP contribution in [0.2, 0.25) is 5.02 Å². The third-order valence-corrected chi connectivity index (χ3v) is 7.25. The quantitative estimate of drug-likeness (QED) is 0.580. The molecule has 0 aromatic heterocycles. The van der Waals surface area contributed by atoms with Crippen LogP contribution in [0.4, 0.5) is 23.2 Å². The molecule has 1 N–H and O–H groups in total. The van der Waals surface area contributed by atoms with Crippen molar-refractivity contribution in [3.8, 4) is 0 Å². The molecule has 2 aromatic rings. The molecule has 5 nitrogen and oxygen atoms in total. The summed E-state index contributed by atoms with van der Waals surface area (Å²) in [6, 6.07) is 5.40. The first-order valence-electron chi connectivity index (χ1n) is 9.77. The topological polar surface area (TPSA) is 66.5 Å². The standard InChI is InChI=1S/C21H21ClF4N2O3S/c1-12-7-13(2)11-28(10-12)32(30,31)15-4-5-18(23)16(9-15)20(29)27-19-6-3-14(22)8-17(19)21(24,25)26/h3-6,8-9,12-13H,7,10-11H2,1-2H3,(H,27,29)/t12-,13-/m1/s1. The van der Waals surface area contributed by atoms with Crippen molar-refractivity contribution in [2.24, 2.45) is 11.8 Å². The van der Waals surface area contributed by atoms with Gasteiger partial charge in [0.1, 0.15) is 5.82 Å². The molecule has 3 rings (SSSR count). The van der Waals surface area contributed by atoms with Gasteiger partial charge >= 0.3 is 6.18 Å². The van der Waals surface area contributed by atoms with Gasteiger partial charge in [0.25, 0.3) is 5.91 Å². The van der Waals surface area contributed by atoms with Gasteiger partial charge in [0.05, 0.1) is 21.7 Å². The van der Waals surface area contributed by atoms with Gasteiger partial charge in [-0.3, -0.25) is 4.79 Å². The van der Waals surface area contributed by atoms with Crippen LogP contribution in [0.5, 0.6) is 0 Å². The molecule has 1 fully saturated rings. The Balaban J connectivity index is 1.94. The van der Waals surface area contributed by atoms with Crippen molar-refractivity contribution < 1.29 is 30.8 Å². The number of halogens is 5. The molecule has 0 aliphatic carbocycles. The molecule has 2 atom stereocenters. The second-order valence-electron chi connectivity index (χ2n) is 8.05. The van der Waals surface area contributed by atoms with Crippen molar-refractivity contribution in [2.75, 3.05) is 18.4 Å². The lowest BCUT2D eigenvalue weighted by Crippen LogP contribution is -2.42. The molecule has 0 radical (unpaired) electrons. The number of nitrogens with zero attached hydrogens (tertiary/aromatic N) is 1. The molecule has 174 valence electrons. The highest BCUT2D eigenvalue weighted by Crippen LogP contribution is 2.37. The zero-order valence-corrected chi connectivity index (χ0v) is 18.8. The lowest BCUT2D eigenvalue weighted by atomic mass is 9.94. The number of nitrogens with one attached hydrogen (secondary N) is 1. The Morgan fingerprint density at radius 2 is 1.72 bits per heavy atom. The second kappa shape index (κ2) is 8.99. The van der Waals surface area contributed by atoms with Gasteiger partial charge in [-0.2, -0.15) is 17.5 Å². The van der Waals surface area contributed by atoms with Gasteiger partial charge in [-0.25, -0.2) is 12.8 Å². The van der Waals surface area contributed by atoms with Crippen molar-refractivity contribution >= 4 is 33.2 Å². The van der Waals surface area contributed by atoms with E-state index in [4.69, 9.17) is 11.6 Å². The van der Waals surface area contributed by atoms with Crippen LogP contribution in [0.1, 0.15) is 36.2 Å². The summed E-state index contributed by atoms with van der Waals surface area (Å²) in [6.07, 6.45) is -3.95. The van der Waals surface area contributed by atoms with E-state index in [1.807, 2.05) is 19.2 Å². The summed E-state index contributed by atoms with van der Waals surface area (Å²) in [5, 5.41) is 1.81. The minimum absolute atomic E-state index is 0.127. The fraction of sp³-hybridized carbons (Fsp3) is 0.381. The largest absolute Gasteiger partial charge is 0.418 e. The number of alkyl halides is 3. The van der Waals surface area contributed by atoms with E-state index >= 15 is 0 Å². The van der Waals surface area contributed by atoms with Crippen molar-refractivity contribution in [1.29, 1.82) is 0 Å². The van der Waals surface area contributed by atoms with E-state index in [1.54, 1.807) is 0 Å². The van der Waals surface area contributed by atoms with Gasteiger partial charge in [-0.05, 0) is 54.7 Å². The summed E-state index contributed by atoms with van der Waals surface area (Å²) in [5.41, 5.74) is -2.52. The maximum atomic E-state index is 14.4. The molecule has 0 unspecified atom stereocenters. The monoisotopic (exact) mass is 492 g/mol. The summed E-state index contributed by atoms with van der Waals surface area (Å²) < 4.78 is 81.6. The molecule has 0 bridgehead atoms. The number of rotatable bonds is 4. The molecule has 1 aliphatic heterocycles. The SMILES string of the molecule is C[C@@H]1C[C@@H](C)CN(S(=O)(=O)c2ccc(F)c(C(=O)Nc3ccc(Cl)cc3C(F)(F)F)c2)C1. The lowest BCUT2D eigenvalue weighted by molar-refractivity contribution is -0.136. The van der Waals surface area contributed by atoms with Crippen LogP contribution in [0.15, 0.2) is 41.3 Å². The first-order chi connectivity index (χ1) is 14.8. The third kappa shape index (κ3) is 5.24. The van der Waals surface area contributed by atoms with Crippen molar-refractivity contribution in [3.05, 3.63) is 58.4 Å². The fourth-order valence-electron chi connectivity index (χ4n) is 3.84. The van der Waals surface area contributed by atoms with Crippen LogP contribution in [0.3, 0.4) is 0 Å². The third-order valence-electron chi connectivity index (χ3n) is 5.19. The van der Waals surface area contributed by atoms with E-state index in [0.717, 1.165) is 36.8 Å². The number of benzene rings is 2. The average Bonchev–Trinajstić information content (AvgIpc) is 2.68. The van der Waals surface area contributed by atoms with Crippen molar-refractivity contribution in [3.63, 3.8) is 0 Å².